The third-order valence-electron chi connectivity index (χ3n) is 4.80. The van der Waals surface area contributed by atoms with Gasteiger partial charge in [-0.25, -0.2) is 14.5 Å². The number of nitrogens with zero attached hydrogens (tertiary/aromatic N) is 1. The fourth-order valence-corrected chi connectivity index (χ4v) is 3.50. The topological polar surface area (TPSA) is 66.8 Å². The van der Waals surface area contributed by atoms with Crippen molar-refractivity contribution in [3.05, 3.63) is 70.2 Å². The molecule has 2 atom stereocenters. The summed E-state index contributed by atoms with van der Waals surface area (Å²) >= 11 is 5.96. The van der Waals surface area contributed by atoms with Crippen LogP contribution in [0.3, 0.4) is 0 Å². The number of halogens is 6. The number of carbonyl (C=O) groups is 2. The van der Waals surface area contributed by atoms with Crippen molar-refractivity contribution in [3.8, 4) is 0 Å². The van der Waals surface area contributed by atoms with Gasteiger partial charge in [0.25, 0.3) is 0 Å². The van der Waals surface area contributed by atoms with Gasteiger partial charge in [-0.2, -0.15) is 22.0 Å². The first-order chi connectivity index (χ1) is 14.4. The number of rotatable bonds is 5. The van der Waals surface area contributed by atoms with Crippen LogP contribution in [-0.2, 0) is 17.6 Å². The standard InChI is InChI=1S/C20H15ClF5NO4/c21-14-3-1-2-13(9-14)16-15(27(17(28)29)18(30)31-16)8-11-4-6-12(7-5-11)10-19(22,23)20(24,25)26/h1-7,9,15-16H,8,10H2,(H,28,29). The SMILES string of the molecule is O=C(O)N1C(=O)OC(c2cccc(Cl)c2)C1Cc1ccc(CC(F)(F)C(F)(F)F)cc1. The molecule has 0 bridgehead atoms. The summed E-state index contributed by atoms with van der Waals surface area (Å²) in [6, 6.07) is 10.1. The maximum Gasteiger partial charge on any atom is 0.453 e. The number of hydrogen-bond donors (Lipinski definition) is 1. The molecular formula is C20H15ClF5NO4. The van der Waals surface area contributed by atoms with Gasteiger partial charge in [-0.15, -0.1) is 0 Å². The van der Waals surface area contributed by atoms with Crippen molar-refractivity contribution in [3.63, 3.8) is 0 Å². The first kappa shape index (κ1) is 22.8. The average molecular weight is 464 g/mol. The summed E-state index contributed by atoms with van der Waals surface area (Å²) in [4.78, 5) is 24.2. The second kappa shape index (κ2) is 8.33. The van der Waals surface area contributed by atoms with Crippen molar-refractivity contribution in [2.75, 3.05) is 0 Å². The molecule has 166 valence electrons. The lowest BCUT2D eigenvalue weighted by Gasteiger charge is -2.22. The van der Waals surface area contributed by atoms with E-state index in [9.17, 15) is 36.6 Å². The average Bonchev–Trinajstić information content (AvgIpc) is 2.98. The maximum atomic E-state index is 13.2. The number of hydrogen-bond acceptors (Lipinski definition) is 3. The summed E-state index contributed by atoms with van der Waals surface area (Å²) in [7, 11) is 0. The van der Waals surface area contributed by atoms with Crippen LogP contribution in [0.4, 0.5) is 31.5 Å². The molecule has 0 saturated carbocycles. The van der Waals surface area contributed by atoms with Crippen LogP contribution in [0.15, 0.2) is 48.5 Å². The molecule has 31 heavy (non-hydrogen) atoms. The van der Waals surface area contributed by atoms with E-state index < -0.39 is 42.9 Å². The quantitative estimate of drug-likeness (QED) is 0.564. The number of carbonyl (C=O) groups excluding carboxylic acids is 1. The number of ether oxygens (including phenoxy) is 1. The van der Waals surface area contributed by atoms with E-state index in [4.69, 9.17) is 16.3 Å². The van der Waals surface area contributed by atoms with Crippen LogP contribution in [0, 0.1) is 0 Å². The molecule has 1 aliphatic rings. The molecular weight excluding hydrogens is 449 g/mol. The van der Waals surface area contributed by atoms with E-state index in [1.54, 1.807) is 18.2 Å². The Morgan fingerprint density at radius 1 is 1.06 bits per heavy atom. The Balaban J connectivity index is 1.84. The van der Waals surface area contributed by atoms with Crippen molar-refractivity contribution >= 4 is 23.8 Å². The minimum Gasteiger partial charge on any atom is -0.465 e. The molecule has 3 rings (SSSR count). The summed E-state index contributed by atoms with van der Waals surface area (Å²) in [5.74, 6) is -4.88. The minimum atomic E-state index is -5.67. The highest BCUT2D eigenvalue weighted by molar-refractivity contribution is 6.30. The molecule has 0 radical (unpaired) electrons. The van der Waals surface area contributed by atoms with Gasteiger partial charge >= 0.3 is 24.3 Å². The van der Waals surface area contributed by atoms with E-state index in [1.807, 2.05) is 0 Å². The van der Waals surface area contributed by atoms with Crippen molar-refractivity contribution < 1.29 is 41.4 Å². The van der Waals surface area contributed by atoms with E-state index in [0.29, 0.717) is 21.0 Å². The molecule has 2 unspecified atom stereocenters. The van der Waals surface area contributed by atoms with Crippen molar-refractivity contribution in [2.24, 2.45) is 0 Å². The lowest BCUT2D eigenvalue weighted by molar-refractivity contribution is -0.281. The number of imide groups is 1. The van der Waals surface area contributed by atoms with Crippen LogP contribution in [0.5, 0.6) is 0 Å². The normalized spacial score (nSPS) is 19.4. The number of benzene rings is 2. The van der Waals surface area contributed by atoms with E-state index in [2.05, 4.69) is 0 Å². The van der Waals surface area contributed by atoms with Gasteiger partial charge in [0.1, 0.15) is 0 Å². The zero-order valence-corrected chi connectivity index (χ0v) is 16.3. The smallest absolute Gasteiger partial charge is 0.453 e. The molecule has 1 aliphatic heterocycles. The van der Waals surface area contributed by atoms with Crippen molar-refractivity contribution in [1.82, 2.24) is 4.90 Å². The van der Waals surface area contributed by atoms with Gasteiger partial charge < -0.3 is 9.84 Å². The van der Waals surface area contributed by atoms with Gasteiger partial charge in [0, 0.05) is 11.4 Å². The fourth-order valence-electron chi connectivity index (χ4n) is 3.30. The molecule has 0 aromatic heterocycles. The summed E-state index contributed by atoms with van der Waals surface area (Å²) in [6.07, 6.45) is -10.8. The highest BCUT2D eigenvalue weighted by Gasteiger charge is 2.57. The van der Waals surface area contributed by atoms with E-state index in [1.165, 1.54) is 18.2 Å². The second-order valence-electron chi connectivity index (χ2n) is 6.98. The summed E-state index contributed by atoms with van der Waals surface area (Å²) < 4.78 is 68.9. The first-order valence-electron chi connectivity index (χ1n) is 8.89. The Labute approximate surface area is 178 Å². The second-order valence-corrected chi connectivity index (χ2v) is 7.42. The van der Waals surface area contributed by atoms with Gasteiger partial charge in [-0.1, -0.05) is 48.0 Å². The van der Waals surface area contributed by atoms with Crippen LogP contribution in [0.1, 0.15) is 22.8 Å². The van der Waals surface area contributed by atoms with Gasteiger partial charge in [-0.3, -0.25) is 0 Å². The number of cyclic esters (lactones) is 1. The van der Waals surface area contributed by atoms with Crippen LogP contribution < -0.4 is 0 Å². The molecule has 1 heterocycles. The van der Waals surface area contributed by atoms with Crippen LogP contribution >= 0.6 is 11.6 Å². The Morgan fingerprint density at radius 3 is 2.23 bits per heavy atom. The van der Waals surface area contributed by atoms with Crippen LogP contribution in [0.2, 0.25) is 5.02 Å². The van der Waals surface area contributed by atoms with Gasteiger partial charge in [0.2, 0.25) is 0 Å². The highest BCUT2D eigenvalue weighted by Crippen LogP contribution is 2.38. The molecule has 11 heteroatoms. The molecule has 2 aromatic rings. The number of alkyl halides is 5. The van der Waals surface area contributed by atoms with Gasteiger partial charge in [0.15, 0.2) is 6.10 Å². The summed E-state index contributed by atoms with van der Waals surface area (Å²) in [5, 5.41) is 9.75. The highest BCUT2D eigenvalue weighted by atomic mass is 35.5. The summed E-state index contributed by atoms with van der Waals surface area (Å²) in [5.41, 5.74) is 0.628. The third kappa shape index (κ3) is 4.90. The minimum absolute atomic E-state index is 0.0504. The largest absolute Gasteiger partial charge is 0.465 e. The Morgan fingerprint density at radius 2 is 1.68 bits per heavy atom. The van der Waals surface area contributed by atoms with Crippen molar-refractivity contribution in [1.29, 1.82) is 0 Å². The predicted octanol–water partition coefficient (Wildman–Crippen LogP) is 5.86. The lowest BCUT2D eigenvalue weighted by Crippen LogP contribution is -2.40. The van der Waals surface area contributed by atoms with E-state index in [-0.39, 0.29) is 12.0 Å². The zero-order chi connectivity index (χ0) is 23.0. The molecule has 0 aliphatic carbocycles. The maximum absolute atomic E-state index is 13.2. The predicted molar refractivity (Wildman–Crippen MR) is 99.2 cm³/mol. The fraction of sp³-hybridized carbons (Fsp3) is 0.300. The van der Waals surface area contributed by atoms with Crippen molar-refractivity contribution in [2.45, 2.75) is 37.1 Å². The van der Waals surface area contributed by atoms with E-state index in [0.717, 1.165) is 12.1 Å². The van der Waals surface area contributed by atoms with Crippen LogP contribution in [0.25, 0.3) is 0 Å². The van der Waals surface area contributed by atoms with Crippen LogP contribution in [-0.4, -0.2) is 40.3 Å². The number of amides is 2. The molecule has 5 nitrogen and oxygen atoms in total. The Kier molecular flexibility index (Phi) is 6.13. The third-order valence-corrected chi connectivity index (χ3v) is 5.03. The summed E-state index contributed by atoms with van der Waals surface area (Å²) in [6.45, 7) is 0. The molecule has 2 aromatic carbocycles. The zero-order valence-electron chi connectivity index (χ0n) is 15.6. The molecule has 2 amide bonds. The Hall–Kier alpha value is -2.88. The number of carboxylic acid groups (broad SMARTS) is 1. The Bertz CT molecular complexity index is 980. The van der Waals surface area contributed by atoms with E-state index >= 15 is 0 Å². The van der Waals surface area contributed by atoms with Gasteiger partial charge in [-0.05, 0) is 35.2 Å². The molecule has 1 N–H and O–H groups in total. The molecule has 1 fully saturated rings. The molecule has 0 spiro atoms. The van der Waals surface area contributed by atoms with Gasteiger partial charge in [0.05, 0.1) is 6.04 Å². The molecule has 1 saturated heterocycles. The first-order valence-corrected chi connectivity index (χ1v) is 9.27. The lowest BCUT2D eigenvalue weighted by atomic mass is 9.95. The monoisotopic (exact) mass is 463 g/mol.